The molecule has 2 N–H and O–H groups in total. The number of benzene rings is 4. The number of carbonyl (C=O) groups is 1. The first-order valence-corrected chi connectivity index (χ1v) is 16.6. The monoisotopic (exact) mass is 634 g/mol. The molecule has 0 spiro atoms. The van der Waals surface area contributed by atoms with Gasteiger partial charge in [-0.25, -0.2) is 21.6 Å². The fourth-order valence-electron chi connectivity index (χ4n) is 4.46. The number of sulfone groups is 1. The number of nitrogens with zero attached hydrogens (tertiary/aromatic N) is 1. The summed E-state index contributed by atoms with van der Waals surface area (Å²) in [4.78, 5) is 12.5. The van der Waals surface area contributed by atoms with Gasteiger partial charge in [0.25, 0.3) is 10.0 Å². The maximum atomic E-state index is 14.2. The van der Waals surface area contributed by atoms with Crippen molar-refractivity contribution in [3.63, 3.8) is 0 Å². The van der Waals surface area contributed by atoms with E-state index in [0.29, 0.717) is 29.3 Å². The Balaban J connectivity index is 1.91. The average Bonchev–Trinajstić information content (AvgIpc) is 2.93. The van der Waals surface area contributed by atoms with Crippen LogP contribution in [0.25, 0.3) is 10.8 Å². The molecule has 0 aliphatic carbocycles. The van der Waals surface area contributed by atoms with Crippen molar-refractivity contribution in [1.29, 1.82) is 0 Å². The van der Waals surface area contributed by atoms with Crippen molar-refractivity contribution in [2.24, 2.45) is 0 Å². The van der Waals surface area contributed by atoms with Crippen molar-refractivity contribution in [3.8, 4) is 0 Å². The lowest BCUT2D eigenvalue weighted by molar-refractivity contribution is -0.138. The van der Waals surface area contributed by atoms with E-state index in [1.54, 1.807) is 48.5 Å². The van der Waals surface area contributed by atoms with Crippen LogP contribution < -0.4 is 9.62 Å². The summed E-state index contributed by atoms with van der Waals surface area (Å²) < 4.78 is 55.2. The van der Waals surface area contributed by atoms with E-state index in [-0.39, 0.29) is 31.9 Å². The fourth-order valence-corrected chi connectivity index (χ4v) is 7.93. The molecule has 216 valence electrons. The highest BCUT2D eigenvalue weighted by Gasteiger charge is 2.37. The minimum atomic E-state index is -4.53. The van der Waals surface area contributed by atoms with Crippen molar-refractivity contribution in [2.75, 3.05) is 15.5 Å². The first-order chi connectivity index (χ1) is 19.4. The number of fused-ring (bicyclic) bond motifs is 1. The molecule has 41 heavy (non-hydrogen) atoms. The van der Waals surface area contributed by atoms with Crippen LogP contribution in [0.2, 0.25) is 10.0 Å². The van der Waals surface area contributed by atoms with Crippen LogP contribution in [0.15, 0.2) is 94.7 Å². The Labute approximate surface area is 249 Å². The number of anilines is 2. The second kappa shape index (κ2) is 12.7. The molecule has 0 saturated carbocycles. The van der Waals surface area contributed by atoms with Crippen molar-refractivity contribution in [3.05, 3.63) is 95.0 Å². The van der Waals surface area contributed by atoms with E-state index in [1.807, 2.05) is 6.92 Å². The largest absolute Gasteiger partial charge is 0.480 e. The number of halogens is 2. The van der Waals surface area contributed by atoms with Gasteiger partial charge in [-0.3, -0.25) is 4.31 Å². The summed E-state index contributed by atoms with van der Waals surface area (Å²) in [5, 5.41) is 14.4. The van der Waals surface area contributed by atoms with E-state index in [2.05, 4.69) is 5.32 Å². The molecule has 0 aromatic heterocycles. The van der Waals surface area contributed by atoms with E-state index in [0.717, 1.165) is 4.31 Å². The lowest BCUT2D eigenvalue weighted by Gasteiger charge is -2.32. The zero-order valence-electron chi connectivity index (χ0n) is 22.0. The normalized spacial score (nSPS) is 12.7. The quantitative estimate of drug-likeness (QED) is 0.175. The van der Waals surface area contributed by atoms with Crippen LogP contribution in [0.3, 0.4) is 0 Å². The van der Waals surface area contributed by atoms with Gasteiger partial charge >= 0.3 is 5.97 Å². The number of rotatable bonds is 12. The summed E-state index contributed by atoms with van der Waals surface area (Å²) in [6, 6.07) is 20.3. The predicted octanol–water partition coefficient (Wildman–Crippen LogP) is 6.83. The Morgan fingerprint density at radius 3 is 2.15 bits per heavy atom. The highest BCUT2D eigenvalue weighted by Crippen LogP contribution is 2.38. The van der Waals surface area contributed by atoms with Crippen molar-refractivity contribution in [1.82, 2.24) is 0 Å². The molecule has 1 unspecified atom stereocenters. The summed E-state index contributed by atoms with van der Waals surface area (Å²) in [5.41, 5.74) is 0.365. The number of carboxylic acids is 1. The summed E-state index contributed by atoms with van der Waals surface area (Å²) in [6.45, 7) is 1.88. The summed E-state index contributed by atoms with van der Waals surface area (Å²) in [7, 11) is -8.26. The number of unbranched alkanes of at least 4 members (excludes halogenated alkanes) is 1. The van der Waals surface area contributed by atoms with Gasteiger partial charge in [-0.15, -0.1) is 0 Å². The molecule has 0 radical (unpaired) electrons. The molecular weight excluding hydrogens is 607 g/mol. The Bertz CT molecular complexity index is 1760. The Morgan fingerprint density at radius 2 is 1.51 bits per heavy atom. The molecule has 0 heterocycles. The molecule has 0 fully saturated rings. The van der Waals surface area contributed by atoms with Crippen LogP contribution in [-0.2, 0) is 24.7 Å². The van der Waals surface area contributed by atoms with E-state index < -0.39 is 37.7 Å². The molecule has 4 aromatic carbocycles. The van der Waals surface area contributed by atoms with E-state index >= 15 is 0 Å². The number of hydrogen-bond donors (Lipinski definition) is 2. The number of aliphatic carboxylic acids is 1. The molecule has 0 amide bonds. The van der Waals surface area contributed by atoms with Crippen molar-refractivity contribution < 1.29 is 26.7 Å². The highest BCUT2D eigenvalue weighted by atomic mass is 35.5. The van der Waals surface area contributed by atoms with Gasteiger partial charge in [0.15, 0.2) is 9.84 Å². The minimum absolute atomic E-state index is 0.0354. The number of hydrogen-bond acceptors (Lipinski definition) is 6. The van der Waals surface area contributed by atoms with Gasteiger partial charge in [0.05, 0.1) is 15.5 Å². The topological polar surface area (TPSA) is 121 Å². The van der Waals surface area contributed by atoms with Crippen LogP contribution in [0.4, 0.5) is 11.4 Å². The first-order valence-electron chi connectivity index (χ1n) is 12.7. The van der Waals surface area contributed by atoms with Gasteiger partial charge in [-0.1, -0.05) is 85.4 Å². The van der Waals surface area contributed by atoms with E-state index in [4.69, 9.17) is 23.2 Å². The number of sulfonamides is 1. The highest BCUT2D eigenvalue weighted by molar-refractivity contribution is 7.93. The molecule has 4 rings (SSSR count). The van der Waals surface area contributed by atoms with Crippen LogP contribution in [0, 0.1) is 0 Å². The van der Waals surface area contributed by atoms with Gasteiger partial charge < -0.3 is 10.4 Å². The lowest BCUT2D eigenvalue weighted by atomic mass is 10.0. The summed E-state index contributed by atoms with van der Waals surface area (Å²) >= 11 is 12.3. The molecule has 0 aliphatic rings. The fraction of sp³-hybridized carbons (Fsp3) is 0.207. The van der Waals surface area contributed by atoms with Crippen LogP contribution in [-0.4, -0.2) is 39.8 Å². The lowest BCUT2D eigenvalue weighted by Crippen LogP contribution is -2.45. The second-order valence-electron chi connectivity index (χ2n) is 9.37. The van der Waals surface area contributed by atoms with Gasteiger partial charge in [0.1, 0.15) is 11.9 Å². The minimum Gasteiger partial charge on any atom is -0.480 e. The van der Waals surface area contributed by atoms with Crippen molar-refractivity contribution in [2.45, 2.75) is 42.0 Å². The Hall–Kier alpha value is -3.31. The Kier molecular flexibility index (Phi) is 9.48. The molecule has 1 atom stereocenters. The maximum absolute atomic E-state index is 14.2. The van der Waals surface area contributed by atoms with E-state index in [1.165, 1.54) is 36.4 Å². The standard InChI is InChI=1S/C29H28Cl2N2O6S2/c1-2-3-13-27(29(34)35)33(41(38,39)25-16-21(30)15-22(31)17-25)28-18-23(14-20-9-7-8-12-26(20)28)32-19-40(36,37)24-10-5-4-6-11-24/h4-12,14-18,27,32H,2-3,13,19H2,1H3,(H,34,35). The predicted molar refractivity (Wildman–Crippen MR) is 163 cm³/mol. The van der Waals surface area contributed by atoms with Crippen molar-refractivity contribution >= 4 is 71.2 Å². The van der Waals surface area contributed by atoms with Gasteiger partial charge in [0.2, 0.25) is 0 Å². The summed E-state index contributed by atoms with van der Waals surface area (Å²) in [5.74, 6) is -1.80. The maximum Gasteiger partial charge on any atom is 0.327 e. The van der Waals surface area contributed by atoms with Gasteiger partial charge in [-0.2, -0.15) is 0 Å². The average molecular weight is 636 g/mol. The Morgan fingerprint density at radius 1 is 0.878 bits per heavy atom. The van der Waals surface area contributed by atoms with Crippen LogP contribution >= 0.6 is 23.2 Å². The zero-order chi connectivity index (χ0) is 29.8. The van der Waals surface area contributed by atoms with E-state index in [9.17, 15) is 26.7 Å². The molecule has 4 aromatic rings. The molecule has 12 heteroatoms. The first kappa shape index (κ1) is 30.6. The zero-order valence-corrected chi connectivity index (χ0v) is 25.1. The van der Waals surface area contributed by atoms with Crippen LogP contribution in [0.5, 0.6) is 0 Å². The molecule has 0 saturated heterocycles. The third-order valence-electron chi connectivity index (χ3n) is 6.44. The summed E-state index contributed by atoms with van der Waals surface area (Å²) in [6.07, 6.45) is 1.12. The third-order valence-corrected chi connectivity index (χ3v) is 10.2. The number of nitrogens with one attached hydrogen (secondary N) is 1. The molecule has 0 bridgehead atoms. The second-order valence-corrected chi connectivity index (χ2v) is 14.0. The van der Waals surface area contributed by atoms with Gasteiger partial charge in [0, 0.05) is 21.1 Å². The van der Waals surface area contributed by atoms with Crippen LogP contribution in [0.1, 0.15) is 26.2 Å². The number of carboxylic acid groups (broad SMARTS) is 1. The SMILES string of the molecule is CCCCC(C(=O)O)N(c1cc(NCS(=O)(=O)c2ccccc2)cc2ccccc12)S(=O)(=O)c1cc(Cl)cc(Cl)c1. The third kappa shape index (κ3) is 6.95. The molecular formula is C29H28Cl2N2O6S2. The molecule has 8 nitrogen and oxygen atoms in total. The molecule has 0 aliphatic heterocycles. The van der Waals surface area contributed by atoms with Gasteiger partial charge in [-0.05, 0) is 54.3 Å². The smallest absolute Gasteiger partial charge is 0.327 e.